The number of benzene rings is 2. The third kappa shape index (κ3) is 5.28. The van der Waals surface area contributed by atoms with Gasteiger partial charge in [-0.05, 0) is 47.3 Å². The lowest BCUT2D eigenvalue weighted by molar-refractivity contribution is -0.274. The lowest BCUT2D eigenvalue weighted by Crippen LogP contribution is -2.17. The molecule has 0 unspecified atom stereocenters. The maximum Gasteiger partial charge on any atom is 0.573 e. The van der Waals surface area contributed by atoms with Gasteiger partial charge in [-0.15, -0.1) is 24.5 Å². The van der Waals surface area contributed by atoms with E-state index in [1.54, 1.807) is 12.1 Å². The van der Waals surface area contributed by atoms with E-state index in [-0.39, 0.29) is 5.56 Å². The molecule has 6 nitrogen and oxygen atoms in total. The molecule has 31 heavy (non-hydrogen) atoms. The fourth-order valence-corrected chi connectivity index (χ4v) is 3.44. The van der Waals surface area contributed by atoms with Crippen LogP contribution in [0.4, 0.5) is 18.9 Å². The molecule has 2 aromatic heterocycles. The van der Waals surface area contributed by atoms with Gasteiger partial charge in [-0.3, -0.25) is 4.79 Å². The highest BCUT2D eigenvalue weighted by atomic mass is 32.1. The van der Waals surface area contributed by atoms with E-state index in [1.807, 2.05) is 29.6 Å². The van der Waals surface area contributed by atoms with Gasteiger partial charge in [0.1, 0.15) is 5.75 Å². The number of aromatic nitrogens is 2. The van der Waals surface area contributed by atoms with Gasteiger partial charge in [0, 0.05) is 11.3 Å². The van der Waals surface area contributed by atoms with E-state index in [0.29, 0.717) is 23.8 Å². The molecule has 0 radical (unpaired) electrons. The van der Waals surface area contributed by atoms with Crippen molar-refractivity contribution in [2.24, 2.45) is 0 Å². The molecule has 1 amide bonds. The second-order valence-electron chi connectivity index (χ2n) is 6.35. The Hall–Kier alpha value is -3.66. The molecular weight excluding hydrogens is 431 g/mol. The normalized spacial score (nSPS) is 11.3. The molecule has 0 saturated carbocycles. The molecule has 2 heterocycles. The predicted molar refractivity (Wildman–Crippen MR) is 108 cm³/mol. The molecule has 0 atom stereocenters. The number of para-hydroxylation sites is 1. The summed E-state index contributed by atoms with van der Waals surface area (Å²) in [7, 11) is 0. The quantitative estimate of drug-likeness (QED) is 0.422. The third-order valence-corrected chi connectivity index (χ3v) is 5.03. The number of carbonyl (C=O) groups excluding carboxylic acids is 1. The van der Waals surface area contributed by atoms with Gasteiger partial charge in [-0.1, -0.05) is 29.4 Å². The molecule has 0 aliphatic rings. The zero-order valence-electron chi connectivity index (χ0n) is 15.7. The maximum atomic E-state index is 12.6. The molecule has 0 aliphatic carbocycles. The van der Waals surface area contributed by atoms with Gasteiger partial charge in [0.05, 0.1) is 11.3 Å². The maximum absolute atomic E-state index is 12.6. The van der Waals surface area contributed by atoms with E-state index < -0.39 is 18.0 Å². The fourth-order valence-electron chi connectivity index (χ4n) is 2.79. The van der Waals surface area contributed by atoms with Gasteiger partial charge in [-0.25, -0.2) is 0 Å². The number of ether oxygens (including phenoxy) is 1. The SMILES string of the molecule is O=C(Nc1ccccc1Cc1nc(-c2cccs2)no1)c1ccc(OC(F)(F)F)cc1. The van der Waals surface area contributed by atoms with Gasteiger partial charge in [0.2, 0.25) is 11.7 Å². The van der Waals surface area contributed by atoms with Gasteiger partial charge < -0.3 is 14.6 Å². The first-order chi connectivity index (χ1) is 14.9. The number of amides is 1. The summed E-state index contributed by atoms with van der Waals surface area (Å²) in [5.74, 6) is 0.00429. The lowest BCUT2D eigenvalue weighted by atomic mass is 10.1. The number of rotatable bonds is 6. The summed E-state index contributed by atoms with van der Waals surface area (Å²) in [6.45, 7) is 0. The van der Waals surface area contributed by atoms with Crippen molar-refractivity contribution in [2.75, 3.05) is 5.32 Å². The Labute approximate surface area is 178 Å². The molecule has 158 valence electrons. The number of thiophene rings is 1. The van der Waals surface area contributed by atoms with Gasteiger partial charge in [0.15, 0.2) is 0 Å². The summed E-state index contributed by atoms with van der Waals surface area (Å²) >= 11 is 1.50. The minimum atomic E-state index is -4.79. The highest BCUT2D eigenvalue weighted by Gasteiger charge is 2.31. The molecule has 0 bridgehead atoms. The van der Waals surface area contributed by atoms with Crippen LogP contribution in [-0.4, -0.2) is 22.4 Å². The Morgan fingerprint density at radius 2 is 1.84 bits per heavy atom. The first-order valence-electron chi connectivity index (χ1n) is 8.99. The highest BCUT2D eigenvalue weighted by molar-refractivity contribution is 7.13. The monoisotopic (exact) mass is 445 g/mol. The van der Waals surface area contributed by atoms with Crippen LogP contribution in [0, 0.1) is 0 Å². The number of alkyl halides is 3. The lowest BCUT2D eigenvalue weighted by Gasteiger charge is -2.11. The molecule has 1 N–H and O–H groups in total. The van der Waals surface area contributed by atoms with E-state index in [1.165, 1.54) is 23.5 Å². The molecule has 0 fully saturated rings. The molecule has 0 aliphatic heterocycles. The van der Waals surface area contributed by atoms with Gasteiger partial charge in [0.25, 0.3) is 5.91 Å². The Bertz CT molecular complexity index is 1170. The largest absolute Gasteiger partial charge is 0.573 e. The highest BCUT2D eigenvalue weighted by Crippen LogP contribution is 2.25. The van der Waals surface area contributed by atoms with E-state index in [0.717, 1.165) is 22.6 Å². The molecule has 0 saturated heterocycles. The topological polar surface area (TPSA) is 77.3 Å². The molecule has 4 aromatic rings. The average Bonchev–Trinajstić information content (AvgIpc) is 3.40. The van der Waals surface area contributed by atoms with Crippen LogP contribution in [0.15, 0.2) is 70.6 Å². The zero-order valence-corrected chi connectivity index (χ0v) is 16.5. The zero-order chi connectivity index (χ0) is 21.8. The summed E-state index contributed by atoms with van der Waals surface area (Å²) in [4.78, 5) is 17.8. The molecule has 10 heteroatoms. The van der Waals surface area contributed by atoms with Crippen LogP contribution >= 0.6 is 11.3 Å². The summed E-state index contributed by atoms with van der Waals surface area (Å²) in [5, 5.41) is 8.65. The standard InChI is InChI=1S/C21H14F3N3O3S/c22-21(23,24)29-15-9-7-13(8-10-15)20(28)25-16-5-2-1-4-14(16)12-18-26-19(27-30-18)17-6-3-11-31-17/h1-11H,12H2,(H,25,28). The van der Waals surface area contributed by atoms with Gasteiger partial charge in [-0.2, -0.15) is 4.98 Å². The van der Waals surface area contributed by atoms with E-state index in [4.69, 9.17) is 4.52 Å². The molecular formula is C21H14F3N3O3S. The van der Waals surface area contributed by atoms with Gasteiger partial charge >= 0.3 is 6.36 Å². The fraction of sp³-hybridized carbons (Fsp3) is 0.0952. The first kappa shape index (κ1) is 20.6. The minimum absolute atomic E-state index is 0.182. The summed E-state index contributed by atoms with van der Waals surface area (Å²) in [6, 6.07) is 15.5. The van der Waals surface area contributed by atoms with Crippen LogP contribution in [0.2, 0.25) is 0 Å². The average molecular weight is 445 g/mol. The second kappa shape index (κ2) is 8.60. The van der Waals surface area contributed by atoms with Crippen LogP contribution < -0.4 is 10.1 Å². The smallest absolute Gasteiger partial charge is 0.406 e. The second-order valence-corrected chi connectivity index (χ2v) is 7.30. The summed E-state index contributed by atoms with van der Waals surface area (Å²) in [5.41, 5.74) is 1.45. The number of carbonyl (C=O) groups is 1. The van der Waals surface area contributed by atoms with Crippen LogP contribution in [0.3, 0.4) is 0 Å². The Balaban J connectivity index is 1.47. The number of anilines is 1. The van der Waals surface area contributed by atoms with Crippen molar-refractivity contribution in [3.05, 3.63) is 83.1 Å². The number of hydrogen-bond donors (Lipinski definition) is 1. The van der Waals surface area contributed by atoms with Crippen molar-refractivity contribution in [3.8, 4) is 16.5 Å². The Kier molecular flexibility index (Phi) is 5.72. The minimum Gasteiger partial charge on any atom is -0.406 e. The first-order valence-corrected chi connectivity index (χ1v) is 9.87. The van der Waals surface area contributed by atoms with Crippen LogP contribution in [0.1, 0.15) is 21.8 Å². The van der Waals surface area contributed by atoms with Crippen molar-refractivity contribution in [2.45, 2.75) is 12.8 Å². The van der Waals surface area contributed by atoms with Crippen LogP contribution in [0.5, 0.6) is 5.75 Å². The summed E-state index contributed by atoms with van der Waals surface area (Å²) in [6.07, 6.45) is -4.49. The van der Waals surface area contributed by atoms with Crippen molar-refractivity contribution in [3.63, 3.8) is 0 Å². The Morgan fingerprint density at radius 3 is 2.55 bits per heavy atom. The van der Waals surface area contributed by atoms with Crippen molar-refractivity contribution < 1.29 is 27.2 Å². The van der Waals surface area contributed by atoms with Crippen molar-refractivity contribution in [1.29, 1.82) is 0 Å². The van der Waals surface area contributed by atoms with Crippen LogP contribution in [0.25, 0.3) is 10.7 Å². The number of halogens is 3. The Morgan fingerprint density at radius 1 is 1.06 bits per heavy atom. The number of hydrogen-bond acceptors (Lipinski definition) is 6. The number of nitrogens with one attached hydrogen (secondary N) is 1. The van der Waals surface area contributed by atoms with Crippen molar-refractivity contribution >= 4 is 22.9 Å². The third-order valence-electron chi connectivity index (χ3n) is 4.17. The number of nitrogens with zero attached hydrogens (tertiary/aromatic N) is 2. The van der Waals surface area contributed by atoms with E-state index >= 15 is 0 Å². The molecule has 2 aromatic carbocycles. The van der Waals surface area contributed by atoms with Crippen LogP contribution in [-0.2, 0) is 6.42 Å². The van der Waals surface area contributed by atoms with E-state index in [9.17, 15) is 18.0 Å². The molecule has 4 rings (SSSR count). The summed E-state index contributed by atoms with van der Waals surface area (Å²) < 4.78 is 46.0. The van der Waals surface area contributed by atoms with E-state index in [2.05, 4.69) is 20.2 Å². The molecule has 0 spiro atoms. The predicted octanol–water partition coefficient (Wildman–Crippen LogP) is 5.54. The van der Waals surface area contributed by atoms with Crippen molar-refractivity contribution in [1.82, 2.24) is 10.1 Å².